The van der Waals surface area contributed by atoms with Gasteiger partial charge in [-0.2, -0.15) is 0 Å². The van der Waals surface area contributed by atoms with E-state index in [0.29, 0.717) is 17.0 Å². The first-order valence-electron chi connectivity index (χ1n) is 7.12. The third kappa shape index (κ3) is 5.24. The second-order valence-electron chi connectivity index (χ2n) is 4.74. The molecule has 0 saturated carbocycles. The van der Waals surface area contributed by atoms with E-state index in [2.05, 4.69) is 5.32 Å². The van der Waals surface area contributed by atoms with Crippen molar-refractivity contribution in [3.63, 3.8) is 0 Å². The van der Waals surface area contributed by atoms with Crippen LogP contribution < -0.4 is 10.1 Å². The van der Waals surface area contributed by atoms with Crippen molar-refractivity contribution in [3.8, 4) is 5.75 Å². The van der Waals surface area contributed by atoms with Gasteiger partial charge in [-0.05, 0) is 30.3 Å². The number of amides is 1. The van der Waals surface area contributed by atoms with E-state index in [9.17, 15) is 14.0 Å². The normalized spacial score (nSPS) is 10.4. The molecular weight excluding hydrogens is 313 g/mol. The molecule has 1 amide bonds. The van der Waals surface area contributed by atoms with Gasteiger partial charge < -0.3 is 14.8 Å². The highest BCUT2D eigenvalue weighted by atomic mass is 19.1. The molecule has 124 valence electrons. The third-order valence-corrected chi connectivity index (χ3v) is 2.99. The highest BCUT2D eigenvalue weighted by Crippen LogP contribution is 2.18. The molecule has 24 heavy (non-hydrogen) atoms. The maximum atomic E-state index is 13.0. The van der Waals surface area contributed by atoms with Crippen molar-refractivity contribution in [2.75, 3.05) is 19.0 Å². The molecule has 0 saturated heterocycles. The highest BCUT2D eigenvalue weighted by molar-refractivity contribution is 5.94. The molecule has 0 aliphatic heterocycles. The zero-order valence-corrected chi connectivity index (χ0v) is 13.0. The second kappa shape index (κ2) is 8.47. The second-order valence-corrected chi connectivity index (χ2v) is 4.74. The Morgan fingerprint density at radius 1 is 1.17 bits per heavy atom. The van der Waals surface area contributed by atoms with Crippen LogP contribution in [-0.2, 0) is 14.3 Å². The number of benzene rings is 2. The maximum Gasteiger partial charge on any atom is 0.331 e. The molecule has 6 heteroatoms. The van der Waals surface area contributed by atoms with Crippen LogP contribution in [0.2, 0.25) is 0 Å². The molecule has 0 spiro atoms. The van der Waals surface area contributed by atoms with Crippen molar-refractivity contribution in [2.45, 2.75) is 0 Å². The Morgan fingerprint density at radius 3 is 2.71 bits per heavy atom. The summed E-state index contributed by atoms with van der Waals surface area (Å²) in [6, 6.07) is 12.6. The van der Waals surface area contributed by atoms with E-state index < -0.39 is 24.3 Å². The van der Waals surface area contributed by atoms with E-state index in [1.807, 2.05) is 6.07 Å². The molecule has 1 N–H and O–H groups in total. The SMILES string of the molecule is COc1ccccc1C=CC(=O)OCC(=O)Nc1cccc(F)c1. The van der Waals surface area contributed by atoms with Gasteiger partial charge >= 0.3 is 5.97 Å². The van der Waals surface area contributed by atoms with E-state index in [1.165, 1.54) is 43.5 Å². The number of nitrogens with one attached hydrogen (secondary N) is 1. The zero-order chi connectivity index (χ0) is 17.4. The van der Waals surface area contributed by atoms with Gasteiger partial charge in [0.1, 0.15) is 11.6 Å². The molecule has 2 aromatic carbocycles. The molecule has 0 unspecified atom stereocenters. The van der Waals surface area contributed by atoms with Crippen LogP contribution in [0.5, 0.6) is 5.75 Å². The van der Waals surface area contributed by atoms with Crippen LogP contribution in [0.15, 0.2) is 54.6 Å². The summed E-state index contributed by atoms with van der Waals surface area (Å²) in [5.41, 5.74) is 1.00. The van der Waals surface area contributed by atoms with Crippen molar-refractivity contribution < 1.29 is 23.5 Å². The number of esters is 1. The number of carbonyl (C=O) groups excluding carboxylic acids is 2. The van der Waals surface area contributed by atoms with Gasteiger partial charge in [-0.3, -0.25) is 4.79 Å². The van der Waals surface area contributed by atoms with Crippen LogP contribution in [0, 0.1) is 5.82 Å². The van der Waals surface area contributed by atoms with Gasteiger partial charge in [0.2, 0.25) is 0 Å². The van der Waals surface area contributed by atoms with Crippen LogP contribution in [-0.4, -0.2) is 25.6 Å². The first-order valence-corrected chi connectivity index (χ1v) is 7.12. The van der Waals surface area contributed by atoms with Crippen LogP contribution in [0.3, 0.4) is 0 Å². The molecular formula is C18H16FNO4. The Kier molecular flexibility index (Phi) is 6.08. The molecule has 0 heterocycles. The smallest absolute Gasteiger partial charge is 0.331 e. The van der Waals surface area contributed by atoms with E-state index in [1.54, 1.807) is 18.2 Å². The minimum absolute atomic E-state index is 0.292. The summed E-state index contributed by atoms with van der Waals surface area (Å²) in [5.74, 6) is -1.08. The van der Waals surface area contributed by atoms with Gasteiger partial charge in [0.25, 0.3) is 5.91 Å². The van der Waals surface area contributed by atoms with E-state index >= 15 is 0 Å². The van der Waals surface area contributed by atoms with E-state index in [4.69, 9.17) is 9.47 Å². The molecule has 0 aromatic heterocycles. The minimum Gasteiger partial charge on any atom is -0.496 e. The number of methoxy groups -OCH3 is 1. The number of para-hydroxylation sites is 1. The van der Waals surface area contributed by atoms with Gasteiger partial charge in [-0.1, -0.05) is 24.3 Å². The zero-order valence-electron chi connectivity index (χ0n) is 13.0. The van der Waals surface area contributed by atoms with Gasteiger partial charge in [-0.25, -0.2) is 9.18 Å². The van der Waals surface area contributed by atoms with Crippen molar-refractivity contribution >= 4 is 23.6 Å². The Morgan fingerprint density at radius 2 is 1.96 bits per heavy atom. The predicted octanol–water partition coefficient (Wildman–Crippen LogP) is 3.03. The number of hydrogen-bond acceptors (Lipinski definition) is 4. The summed E-state index contributed by atoms with van der Waals surface area (Å²) in [4.78, 5) is 23.3. The third-order valence-electron chi connectivity index (χ3n) is 2.99. The summed E-state index contributed by atoms with van der Waals surface area (Å²) in [6.07, 6.45) is 2.74. The van der Waals surface area contributed by atoms with Gasteiger partial charge in [0, 0.05) is 17.3 Å². The highest BCUT2D eigenvalue weighted by Gasteiger charge is 2.06. The lowest BCUT2D eigenvalue weighted by Gasteiger charge is -2.05. The van der Waals surface area contributed by atoms with Crippen LogP contribution in [0.1, 0.15) is 5.56 Å². The minimum atomic E-state index is -0.671. The van der Waals surface area contributed by atoms with Gasteiger partial charge in [-0.15, -0.1) is 0 Å². The summed E-state index contributed by atoms with van der Waals surface area (Å²) in [7, 11) is 1.53. The summed E-state index contributed by atoms with van der Waals surface area (Å²) in [6.45, 7) is -0.467. The molecule has 0 aliphatic rings. The van der Waals surface area contributed by atoms with E-state index in [0.717, 1.165) is 0 Å². The number of halogens is 1. The Balaban J connectivity index is 1.84. The lowest BCUT2D eigenvalue weighted by atomic mass is 10.2. The predicted molar refractivity (Wildman–Crippen MR) is 88.0 cm³/mol. The largest absolute Gasteiger partial charge is 0.496 e. The quantitative estimate of drug-likeness (QED) is 0.653. The molecule has 5 nitrogen and oxygen atoms in total. The maximum absolute atomic E-state index is 13.0. The van der Waals surface area contributed by atoms with E-state index in [-0.39, 0.29) is 0 Å². The molecule has 0 aliphatic carbocycles. The Bertz CT molecular complexity index is 758. The fourth-order valence-corrected chi connectivity index (χ4v) is 1.91. The average Bonchev–Trinajstić information content (AvgIpc) is 2.58. The van der Waals surface area contributed by atoms with Crippen molar-refractivity contribution in [3.05, 3.63) is 66.0 Å². The summed E-state index contributed by atoms with van der Waals surface area (Å²) >= 11 is 0. The van der Waals surface area contributed by atoms with Crippen LogP contribution >= 0.6 is 0 Å². The lowest BCUT2D eigenvalue weighted by molar-refractivity contribution is -0.142. The molecule has 2 aromatic rings. The number of ether oxygens (including phenoxy) is 2. The number of anilines is 1. The average molecular weight is 329 g/mol. The number of carbonyl (C=O) groups is 2. The topological polar surface area (TPSA) is 64.6 Å². The molecule has 0 radical (unpaired) electrons. The summed E-state index contributed by atoms with van der Waals surface area (Å²) < 4.78 is 23.0. The van der Waals surface area contributed by atoms with Crippen LogP contribution in [0.4, 0.5) is 10.1 Å². The lowest BCUT2D eigenvalue weighted by Crippen LogP contribution is -2.20. The summed E-state index contributed by atoms with van der Waals surface area (Å²) in [5, 5.41) is 2.43. The molecule has 0 fully saturated rings. The fourth-order valence-electron chi connectivity index (χ4n) is 1.91. The van der Waals surface area contributed by atoms with Crippen molar-refractivity contribution in [2.24, 2.45) is 0 Å². The Labute approximate surface area is 138 Å². The monoisotopic (exact) mass is 329 g/mol. The fraction of sp³-hybridized carbons (Fsp3) is 0.111. The molecule has 2 rings (SSSR count). The standard InChI is InChI=1S/C18H16FNO4/c1-23-16-8-3-2-5-13(16)9-10-18(22)24-12-17(21)20-15-7-4-6-14(19)11-15/h2-11H,12H2,1H3,(H,20,21). The van der Waals surface area contributed by atoms with Crippen LogP contribution in [0.25, 0.3) is 6.08 Å². The van der Waals surface area contributed by atoms with Crippen molar-refractivity contribution in [1.82, 2.24) is 0 Å². The number of rotatable bonds is 6. The first kappa shape index (κ1) is 17.2. The number of hydrogen-bond donors (Lipinski definition) is 1. The molecule has 0 bridgehead atoms. The van der Waals surface area contributed by atoms with Gasteiger partial charge in [0.15, 0.2) is 6.61 Å². The van der Waals surface area contributed by atoms with Gasteiger partial charge in [0.05, 0.1) is 7.11 Å². The molecule has 0 atom stereocenters. The Hall–Kier alpha value is -3.15. The van der Waals surface area contributed by atoms with Crippen molar-refractivity contribution in [1.29, 1.82) is 0 Å². The first-order chi connectivity index (χ1) is 11.6.